The molecule has 0 saturated heterocycles. The van der Waals surface area contributed by atoms with Crippen LogP contribution < -0.4 is 0 Å². The Morgan fingerprint density at radius 1 is 1.00 bits per heavy atom. The Labute approximate surface area is 82.0 Å². The van der Waals surface area contributed by atoms with Crippen LogP contribution in [0.15, 0.2) is 18.2 Å². The molecule has 0 aliphatic rings. The zero-order chi connectivity index (χ0) is 9.84. The molecular weight excluding hydrogens is 156 g/mol. The molecule has 0 nitrogen and oxygen atoms in total. The van der Waals surface area contributed by atoms with Gasteiger partial charge in [0.15, 0.2) is 0 Å². The second kappa shape index (κ2) is 4.45. The van der Waals surface area contributed by atoms with Gasteiger partial charge in [0, 0.05) is 0 Å². The summed E-state index contributed by atoms with van der Waals surface area (Å²) in [5.74, 6) is 0.749. The first-order valence-electron chi connectivity index (χ1n) is 5.26. The fourth-order valence-electron chi connectivity index (χ4n) is 1.78. The summed E-state index contributed by atoms with van der Waals surface area (Å²) in [5, 5.41) is 0. The third-order valence-corrected chi connectivity index (χ3v) is 2.99. The highest BCUT2D eigenvalue weighted by atomic mass is 14.1. The molecule has 72 valence electrons. The number of aryl methyl sites for hydroxylation is 2. The van der Waals surface area contributed by atoms with Gasteiger partial charge in [-0.15, -0.1) is 0 Å². The zero-order valence-electron chi connectivity index (χ0n) is 9.22. The first-order chi connectivity index (χ1) is 6.19. The van der Waals surface area contributed by atoms with Gasteiger partial charge in [-0.3, -0.25) is 0 Å². The average Bonchev–Trinajstić information content (AvgIpc) is 2.13. The van der Waals surface area contributed by atoms with Crippen LogP contribution in [0.25, 0.3) is 0 Å². The molecule has 0 unspecified atom stereocenters. The number of benzene rings is 1. The molecule has 0 N–H and O–H groups in total. The summed E-state index contributed by atoms with van der Waals surface area (Å²) in [6.45, 7) is 8.90. The van der Waals surface area contributed by atoms with Gasteiger partial charge >= 0.3 is 0 Å². The van der Waals surface area contributed by atoms with E-state index in [0.717, 1.165) is 5.92 Å². The molecule has 1 aromatic rings. The van der Waals surface area contributed by atoms with Crippen molar-refractivity contribution in [3.05, 3.63) is 34.9 Å². The van der Waals surface area contributed by atoms with E-state index in [0.29, 0.717) is 0 Å². The van der Waals surface area contributed by atoms with Crippen molar-refractivity contribution in [2.45, 2.75) is 46.5 Å². The molecular formula is C13H20. The normalized spacial score (nSPS) is 10.8. The minimum absolute atomic E-state index is 0.749. The molecule has 0 atom stereocenters. The van der Waals surface area contributed by atoms with Crippen LogP contribution in [0.4, 0.5) is 0 Å². The van der Waals surface area contributed by atoms with E-state index in [-0.39, 0.29) is 0 Å². The third-order valence-electron chi connectivity index (χ3n) is 2.99. The average molecular weight is 176 g/mol. The fourth-order valence-corrected chi connectivity index (χ4v) is 1.78. The van der Waals surface area contributed by atoms with E-state index in [1.165, 1.54) is 29.5 Å². The molecule has 0 heterocycles. The molecule has 0 bridgehead atoms. The largest absolute Gasteiger partial charge is 0.0648 e. The third kappa shape index (κ3) is 2.33. The van der Waals surface area contributed by atoms with E-state index in [1.54, 1.807) is 0 Å². The summed E-state index contributed by atoms with van der Waals surface area (Å²) in [7, 11) is 0. The van der Waals surface area contributed by atoms with E-state index in [2.05, 4.69) is 45.9 Å². The van der Waals surface area contributed by atoms with Gasteiger partial charge in [0.05, 0.1) is 0 Å². The molecule has 0 heteroatoms. The molecule has 0 radical (unpaired) electrons. The highest BCUT2D eigenvalue weighted by molar-refractivity contribution is 5.31. The molecule has 0 aliphatic carbocycles. The van der Waals surface area contributed by atoms with E-state index in [4.69, 9.17) is 0 Å². The Hall–Kier alpha value is -0.780. The van der Waals surface area contributed by atoms with Gasteiger partial charge in [-0.05, 0) is 49.3 Å². The van der Waals surface area contributed by atoms with Crippen molar-refractivity contribution in [3.8, 4) is 0 Å². The van der Waals surface area contributed by atoms with Gasteiger partial charge in [-0.2, -0.15) is 0 Å². The maximum absolute atomic E-state index is 2.34. The summed E-state index contributed by atoms with van der Waals surface area (Å²) in [6.07, 6.45) is 2.50. The van der Waals surface area contributed by atoms with Gasteiger partial charge in [0.2, 0.25) is 0 Å². The smallest absolute Gasteiger partial charge is 0.0167 e. The predicted octanol–water partition coefficient (Wildman–Crippen LogP) is 4.21. The second-order valence-electron chi connectivity index (χ2n) is 3.86. The topological polar surface area (TPSA) is 0 Å². The van der Waals surface area contributed by atoms with Gasteiger partial charge in [-0.25, -0.2) is 0 Å². The molecule has 0 amide bonds. The van der Waals surface area contributed by atoms with E-state index in [9.17, 15) is 0 Å². The first kappa shape index (κ1) is 10.3. The number of rotatable bonds is 3. The van der Waals surface area contributed by atoms with E-state index < -0.39 is 0 Å². The Morgan fingerprint density at radius 2 is 1.62 bits per heavy atom. The van der Waals surface area contributed by atoms with E-state index in [1.807, 2.05) is 0 Å². The molecule has 0 spiro atoms. The summed E-state index contributed by atoms with van der Waals surface area (Å²) in [4.78, 5) is 0. The van der Waals surface area contributed by atoms with Crippen molar-refractivity contribution in [3.63, 3.8) is 0 Å². The Morgan fingerprint density at radius 3 is 2.08 bits per heavy atom. The molecule has 1 rings (SSSR count). The first-order valence-corrected chi connectivity index (χ1v) is 5.26. The van der Waals surface area contributed by atoms with Crippen molar-refractivity contribution in [1.82, 2.24) is 0 Å². The van der Waals surface area contributed by atoms with Gasteiger partial charge in [-0.1, -0.05) is 32.0 Å². The molecule has 0 fully saturated rings. The fraction of sp³-hybridized carbons (Fsp3) is 0.538. The molecule has 13 heavy (non-hydrogen) atoms. The molecule has 0 aliphatic heterocycles. The van der Waals surface area contributed by atoms with Crippen molar-refractivity contribution in [2.75, 3.05) is 0 Å². The van der Waals surface area contributed by atoms with Crippen LogP contribution in [0, 0.1) is 13.8 Å². The van der Waals surface area contributed by atoms with Crippen LogP contribution in [0.1, 0.15) is 49.3 Å². The Kier molecular flexibility index (Phi) is 3.53. The van der Waals surface area contributed by atoms with Crippen molar-refractivity contribution >= 4 is 0 Å². The van der Waals surface area contributed by atoms with Crippen LogP contribution in [-0.4, -0.2) is 0 Å². The van der Waals surface area contributed by atoms with Crippen LogP contribution in [0.3, 0.4) is 0 Å². The number of hydrogen-bond acceptors (Lipinski definition) is 0. The molecule has 0 saturated carbocycles. The zero-order valence-corrected chi connectivity index (χ0v) is 9.22. The Bertz CT molecular complexity index is 269. The Balaban J connectivity index is 2.95. The number of hydrogen-bond donors (Lipinski definition) is 0. The predicted molar refractivity (Wildman–Crippen MR) is 59.2 cm³/mol. The highest BCUT2D eigenvalue weighted by Gasteiger charge is 2.06. The van der Waals surface area contributed by atoms with Gasteiger partial charge in [0.25, 0.3) is 0 Å². The lowest BCUT2D eigenvalue weighted by Gasteiger charge is -2.14. The summed E-state index contributed by atoms with van der Waals surface area (Å²) in [5.41, 5.74) is 4.33. The van der Waals surface area contributed by atoms with Crippen LogP contribution in [0.2, 0.25) is 0 Å². The second-order valence-corrected chi connectivity index (χ2v) is 3.86. The van der Waals surface area contributed by atoms with Crippen LogP contribution in [0.5, 0.6) is 0 Å². The minimum atomic E-state index is 0.749. The van der Waals surface area contributed by atoms with Crippen molar-refractivity contribution < 1.29 is 0 Å². The van der Waals surface area contributed by atoms with Crippen LogP contribution in [-0.2, 0) is 0 Å². The molecule has 1 aromatic carbocycles. The lowest BCUT2D eigenvalue weighted by atomic mass is 9.92. The maximum atomic E-state index is 2.34. The van der Waals surface area contributed by atoms with Crippen molar-refractivity contribution in [2.24, 2.45) is 0 Å². The van der Waals surface area contributed by atoms with Crippen LogP contribution >= 0.6 is 0 Å². The monoisotopic (exact) mass is 176 g/mol. The van der Waals surface area contributed by atoms with Crippen molar-refractivity contribution in [1.29, 1.82) is 0 Å². The lowest BCUT2D eigenvalue weighted by Crippen LogP contribution is -1.96. The summed E-state index contributed by atoms with van der Waals surface area (Å²) in [6, 6.07) is 6.86. The summed E-state index contributed by atoms with van der Waals surface area (Å²) >= 11 is 0. The van der Waals surface area contributed by atoms with Gasteiger partial charge < -0.3 is 0 Å². The quantitative estimate of drug-likeness (QED) is 0.647. The highest BCUT2D eigenvalue weighted by Crippen LogP contribution is 2.24. The lowest BCUT2D eigenvalue weighted by molar-refractivity contribution is 0.641. The van der Waals surface area contributed by atoms with Gasteiger partial charge in [0.1, 0.15) is 0 Å². The minimum Gasteiger partial charge on any atom is -0.0648 e. The standard InChI is InChI=1S/C13H20/c1-5-12(6-2)13-8-7-10(3)11(4)9-13/h7-9,12H,5-6H2,1-4H3. The SMILES string of the molecule is CCC(CC)c1ccc(C)c(C)c1. The molecule has 0 aromatic heterocycles. The maximum Gasteiger partial charge on any atom is -0.0167 e. The van der Waals surface area contributed by atoms with E-state index >= 15 is 0 Å². The summed E-state index contributed by atoms with van der Waals surface area (Å²) < 4.78 is 0.